The quantitative estimate of drug-likeness (QED) is 0.672. The number of carbonyl (C=O) groups excluding carboxylic acids is 1. The van der Waals surface area contributed by atoms with E-state index in [2.05, 4.69) is 5.43 Å². The van der Waals surface area contributed by atoms with Gasteiger partial charge in [0, 0.05) is 12.3 Å². The van der Waals surface area contributed by atoms with E-state index in [9.17, 15) is 14.7 Å². The van der Waals surface area contributed by atoms with E-state index in [1.807, 2.05) is 13.8 Å². The van der Waals surface area contributed by atoms with Gasteiger partial charge in [-0.2, -0.15) is 0 Å². The highest BCUT2D eigenvalue weighted by Crippen LogP contribution is 2.26. The Kier molecular flexibility index (Phi) is 2.53. The largest absolute Gasteiger partial charge is 0.502 e. The maximum Gasteiger partial charge on any atom is 0.278 e. The number of rotatable bonds is 0. The summed E-state index contributed by atoms with van der Waals surface area (Å²) in [7, 11) is 0. The molecule has 0 bridgehead atoms. The van der Waals surface area contributed by atoms with Crippen molar-refractivity contribution in [1.29, 1.82) is 0 Å². The van der Waals surface area contributed by atoms with Gasteiger partial charge in [0.15, 0.2) is 11.4 Å². The Morgan fingerprint density at radius 2 is 2.16 bits per heavy atom. The van der Waals surface area contributed by atoms with Crippen LogP contribution in [-0.4, -0.2) is 45.5 Å². The molecule has 1 amide bonds. The summed E-state index contributed by atoms with van der Waals surface area (Å²) in [6.45, 7) is 4.17. The summed E-state index contributed by atoms with van der Waals surface area (Å²) in [6, 6.07) is 1.09. The predicted octanol–water partition coefficient (Wildman–Crippen LogP) is -0.314. The maximum atomic E-state index is 12.5. The van der Waals surface area contributed by atoms with Gasteiger partial charge in [0.1, 0.15) is 6.17 Å². The van der Waals surface area contributed by atoms with Crippen molar-refractivity contribution < 1.29 is 14.6 Å². The third kappa shape index (κ3) is 1.61. The molecule has 3 rings (SSSR count). The van der Waals surface area contributed by atoms with Crippen molar-refractivity contribution in [2.45, 2.75) is 32.2 Å². The van der Waals surface area contributed by atoms with Crippen LogP contribution in [0.25, 0.3) is 0 Å². The second-order valence-corrected chi connectivity index (χ2v) is 4.92. The number of carbonyl (C=O) groups is 1. The summed E-state index contributed by atoms with van der Waals surface area (Å²) >= 11 is 0. The van der Waals surface area contributed by atoms with Gasteiger partial charge >= 0.3 is 0 Å². The minimum absolute atomic E-state index is 0.0234. The molecule has 2 aliphatic rings. The average Bonchev–Trinajstić information content (AvgIpc) is 2.38. The Morgan fingerprint density at radius 3 is 2.89 bits per heavy atom. The van der Waals surface area contributed by atoms with Gasteiger partial charge < -0.3 is 20.2 Å². The third-order valence-electron chi connectivity index (χ3n) is 3.60. The molecule has 19 heavy (non-hydrogen) atoms. The van der Waals surface area contributed by atoms with E-state index in [1.54, 1.807) is 4.90 Å². The summed E-state index contributed by atoms with van der Waals surface area (Å²) in [4.78, 5) is 25.6. The standard InChI is InChI=1S/C12H15N3O4/c1-6-5-19-7(2)11-13-14-4-3-8(16)10(17)9(14)12(18)15(6)11/h3-4,6-7,11,13,17H,5H2,1-2H3/t6-,7?,11?/m0/s1. The molecule has 1 fully saturated rings. The molecular formula is C12H15N3O4. The molecule has 7 heteroatoms. The second-order valence-electron chi connectivity index (χ2n) is 4.92. The average molecular weight is 265 g/mol. The molecule has 3 heterocycles. The Hall–Kier alpha value is -2.02. The fourth-order valence-electron chi connectivity index (χ4n) is 2.56. The number of amides is 1. The maximum absolute atomic E-state index is 12.5. The molecule has 2 unspecified atom stereocenters. The van der Waals surface area contributed by atoms with Gasteiger partial charge in [0.05, 0.1) is 18.8 Å². The molecule has 0 aliphatic carbocycles. The van der Waals surface area contributed by atoms with Crippen molar-refractivity contribution in [2.24, 2.45) is 0 Å². The molecule has 1 aromatic heterocycles. The zero-order valence-electron chi connectivity index (χ0n) is 10.7. The Bertz CT molecular complexity index is 597. The van der Waals surface area contributed by atoms with Gasteiger partial charge in [-0.05, 0) is 13.8 Å². The van der Waals surface area contributed by atoms with Gasteiger partial charge in [-0.15, -0.1) is 0 Å². The van der Waals surface area contributed by atoms with Crippen LogP contribution >= 0.6 is 0 Å². The van der Waals surface area contributed by atoms with E-state index in [4.69, 9.17) is 4.74 Å². The number of nitrogens with zero attached hydrogens (tertiary/aromatic N) is 2. The van der Waals surface area contributed by atoms with Crippen LogP contribution in [0, 0.1) is 0 Å². The number of fused-ring (bicyclic) bond motifs is 2. The molecule has 0 saturated carbocycles. The summed E-state index contributed by atoms with van der Waals surface area (Å²) in [6.07, 6.45) is 0.957. The monoisotopic (exact) mass is 265 g/mol. The summed E-state index contributed by atoms with van der Waals surface area (Å²) < 4.78 is 6.97. The molecule has 7 nitrogen and oxygen atoms in total. The number of hydrogen-bond acceptors (Lipinski definition) is 5. The van der Waals surface area contributed by atoms with Crippen molar-refractivity contribution in [1.82, 2.24) is 9.58 Å². The highest BCUT2D eigenvalue weighted by molar-refractivity contribution is 5.96. The lowest BCUT2D eigenvalue weighted by atomic mass is 10.1. The number of hydrogen-bond donors (Lipinski definition) is 2. The van der Waals surface area contributed by atoms with Crippen LogP contribution in [0.2, 0.25) is 0 Å². The molecular weight excluding hydrogens is 250 g/mol. The fourth-order valence-corrected chi connectivity index (χ4v) is 2.56. The van der Waals surface area contributed by atoms with Gasteiger partial charge in [-0.3, -0.25) is 14.3 Å². The molecule has 2 N–H and O–H groups in total. The first kappa shape index (κ1) is 12.0. The van der Waals surface area contributed by atoms with E-state index < -0.39 is 11.2 Å². The van der Waals surface area contributed by atoms with E-state index in [0.717, 1.165) is 0 Å². The first-order valence-electron chi connectivity index (χ1n) is 6.16. The van der Waals surface area contributed by atoms with Gasteiger partial charge in [-0.25, -0.2) is 0 Å². The molecule has 0 spiro atoms. The summed E-state index contributed by atoms with van der Waals surface area (Å²) in [5.74, 6) is -0.883. The van der Waals surface area contributed by atoms with Crippen molar-refractivity contribution in [2.75, 3.05) is 12.0 Å². The predicted molar refractivity (Wildman–Crippen MR) is 66.6 cm³/mol. The first-order chi connectivity index (χ1) is 9.00. The summed E-state index contributed by atoms with van der Waals surface area (Å²) in [5, 5.41) is 9.80. The molecule has 0 aromatic carbocycles. The van der Waals surface area contributed by atoms with E-state index in [1.165, 1.54) is 16.9 Å². The summed E-state index contributed by atoms with van der Waals surface area (Å²) in [5.41, 5.74) is 2.49. The van der Waals surface area contributed by atoms with Crippen molar-refractivity contribution >= 4 is 5.91 Å². The zero-order chi connectivity index (χ0) is 13.7. The van der Waals surface area contributed by atoms with E-state index >= 15 is 0 Å². The Morgan fingerprint density at radius 1 is 1.42 bits per heavy atom. The van der Waals surface area contributed by atoms with Crippen LogP contribution in [-0.2, 0) is 4.74 Å². The Balaban J connectivity index is 2.14. The van der Waals surface area contributed by atoms with E-state index in [-0.39, 0.29) is 29.9 Å². The fraction of sp³-hybridized carbons (Fsp3) is 0.500. The smallest absolute Gasteiger partial charge is 0.278 e. The lowest BCUT2D eigenvalue weighted by Crippen LogP contribution is -2.65. The topological polar surface area (TPSA) is 83.8 Å². The van der Waals surface area contributed by atoms with Gasteiger partial charge in [0.25, 0.3) is 5.91 Å². The normalized spacial score (nSPS) is 29.5. The van der Waals surface area contributed by atoms with Crippen molar-refractivity contribution in [3.05, 3.63) is 28.2 Å². The first-order valence-corrected chi connectivity index (χ1v) is 6.16. The minimum Gasteiger partial charge on any atom is -0.502 e. The molecule has 2 aliphatic heterocycles. The third-order valence-corrected chi connectivity index (χ3v) is 3.60. The number of pyridine rings is 1. The zero-order valence-corrected chi connectivity index (χ0v) is 10.7. The minimum atomic E-state index is -0.561. The highest BCUT2D eigenvalue weighted by Gasteiger charge is 2.43. The molecule has 3 atom stereocenters. The van der Waals surface area contributed by atoms with Crippen LogP contribution in [0.4, 0.5) is 0 Å². The number of morpholine rings is 1. The number of aromatic nitrogens is 1. The van der Waals surface area contributed by atoms with Gasteiger partial charge in [-0.1, -0.05) is 0 Å². The Labute approximate surface area is 109 Å². The number of aromatic hydroxyl groups is 1. The van der Waals surface area contributed by atoms with Crippen LogP contribution in [0.5, 0.6) is 5.75 Å². The lowest BCUT2D eigenvalue weighted by molar-refractivity contribution is -0.0748. The van der Waals surface area contributed by atoms with Crippen LogP contribution in [0.3, 0.4) is 0 Å². The van der Waals surface area contributed by atoms with Crippen LogP contribution in [0.1, 0.15) is 24.3 Å². The van der Waals surface area contributed by atoms with Crippen molar-refractivity contribution in [3.8, 4) is 5.75 Å². The second kappa shape index (κ2) is 3.99. The molecule has 1 saturated heterocycles. The van der Waals surface area contributed by atoms with Crippen molar-refractivity contribution in [3.63, 3.8) is 0 Å². The molecule has 1 aromatic rings. The van der Waals surface area contributed by atoms with Gasteiger partial charge in [0.2, 0.25) is 5.43 Å². The number of ether oxygens (including phenoxy) is 1. The van der Waals surface area contributed by atoms with Crippen LogP contribution < -0.4 is 10.9 Å². The number of nitrogens with one attached hydrogen (secondary N) is 1. The lowest BCUT2D eigenvalue weighted by Gasteiger charge is -2.47. The van der Waals surface area contributed by atoms with Crippen LogP contribution in [0.15, 0.2) is 17.1 Å². The highest BCUT2D eigenvalue weighted by atomic mass is 16.5. The molecule has 0 radical (unpaired) electrons. The van der Waals surface area contributed by atoms with E-state index in [0.29, 0.717) is 6.61 Å². The SMILES string of the molecule is CC1OC[C@H](C)N2C(=O)c3c(O)c(=O)ccn3NC12. The molecule has 102 valence electrons.